The summed E-state index contributed by atoms with van der Waals surface area (Å²) >= 11 is 0. The van der Waals surface area contributed by atoms with E-state index in [2.05, 4.69) is 12.1 Å². The molecule has 0 bridgehead atoms. The molecule has 0 unspecified atom stereocenters. The lowest BCUT2D eigenvalue weighted by Crippen LogP contribution is -2.14. The number of aldehydes is 1. The summed E-state index contributed by atoms with van der Waals surface area (Å²) in [7, 11) is 0. The molecule has 0 aliphatic rings. The Balaban J connectivity index is 0.000000271. The lowest BCUT2D eigenvalue weighted by atomic mass is 10.0. The van der Waals surface area contributed by atoms with E-state index >= 15 is 0 Å². The third-order valence-corrected chi connectivity index (χ3v) is 3.40. The first-order valence-corrected chi connectivity index (χ1v) is 8.96. The summed E-state index contributed by atoms with van der Waals surface area (Å²) in [6.45, 7) is 3.71. The quantitative estimate of drug-likeness (QED) is 0.436. The predicted octanol–water partition coefficient (Wildman–Crippen LogP) is 2.15. The minimum Gasteiger partial charge on any atom is -0.394 e. The van der Waals surface area contributed by atoms with Gasteiger partial charge in [-0.1, -0.05) is 54.6 Å². The second-order valence-electron chi connectivity index (χ2n) is 5.46. The topological polar surface area (TPSA) is 91.0 Å². The normalized spacial score (nSPS) is 10.1. The second kappa shape index (κ2) is 16.1. The fraction of sp³-hybridized carbons (Fsp3) is 0.381. The Labute approximate surface area is 160 Å². The molecule has 148 valence electrons. The summed E-state index contributed by atoms with van der Waals surface area (Å²) in [5, 5.41) is 8.37. The summed E-state index contributed by atoms with van der Waals surface area (Å²) in [5.41, 5.74) is 8.23. The van der Waals surface area contributed by atoms with Gasteiger partial charge in [0.25, 0.3) is 0 Å². The minimum atomic E-state index is 0.0552. The number of hydrogen-bond donors (Lipinski definition) is 2. The molecule has 0 amide bonds. The van der Waals surface area contributed by atoms with E-state index in [9.17, 15) is 4.79 Å². The molecule has 0 fully saturated rings. The highest BCUT2D eigenvalue weighted by Gasteiger charge is 1.95. The largest absolute Gasteiger partial charge is 0.394 e. The van der Waals surface area contributed by atoms with Crippen molar-refractivity contribution in [3.63, 3.8) is 0 Å². The predicted molar refractivity (Wildman–Crippen MR) is 106 cm³/mol. The van der Waals surface area contributed by atoms with Crippen LogP contribution in [-0.4, -0.2) is 64.2 Å². The van der Waals surface area contributed by atoms with Crippen LogP contribution in [0.3, 0.4) is 0 Å². The van der Waals surface area contributed by atoms with Crippen molar-refractivity contribution >= 4 is 6.29 Å². The molecule has 0 spiro atoms. The van der Waals surface area contributed by atoms with Crippen molar-refractivity contribution in [2.75, 3.05) is 52.8 Å². The highest BCUT2D eigenvalue weighted by molar-refractivity contribution is 5.76. The van der Waals surface area contributed by atoms with E-state index in [0.717, 1.165) is 11.8 Å². The highest BCUT2D eigenvalue weighted by Crippen LogP contribution is 2.18. The molecule has 0 aromatic heterocycles. The number of aliphatic hydroxyl groups excluding tert-OH is 1. The maximum Gasteiger partial charge on any atom is 0.150 e. The summed E-state index contributed by atoms with van der Waals surface area (Å²) in [4.78, 5) is 10.5. The third kappa shape index (κ3) is 11.3. The van der Waals surface area contributed by atoms with Crippen LogP contribution in [0.5, 0.6) is 0 Å². The van der Waals surface area contributed by atoms with Crippen LogP contribution >= 0.6 is 0 Å². The number of benzene rings is 2. The van der Waals surface area contributed by atoms with Gasteiger partial charge in [0, 0.05) is 12.1 Å². The van der Waals surface area contributed by atoms with E-state index < -0.39 is 0 Å². The van der Waals surface area contributed by atoms with Gasteiger partial charge in [0.1, 0.15) is 6.29 Å². The highest BCUT2D eigenvalue weighted by atomic mass is 16.5. The van der Waals surface area contributed by atoms with Crippen LogP contribution in [0.1, 0.15) is 10.4 Å². The zero-order valence-electron chi connectivity index (χ0n) is 15.6. The van der Waals surface area contributed by atoms with E-state index in [1.54, 1.807) is 0 Å². The molecule has 0 aliphatic heterocycles. The average Bonchev–Trinajstić information content (AvgIpc) is 2.74. The van der Waals surface area contributed by atoms with E-state index in [0.29, 0.717) is 51.7 Å². The summed E-state index contributed by atoms with van der Waals surface area (Å²) in [5.74, 6) is 0. The molecule has 2 rings (SSSR count). The van der Waals surface area contributed by atoms with Crippen molar-refractivity contribution in [1.29, 1.82) is 0 Å². The lowest BCUT2D eigenvalue weighted by molar-refractivity contribution is 0.00888. The molecule has 27 heavy (non-hydrogen) atoms. The SMILES string of the molecule is NCCOCCOCCOCCO.O=Cc1ccc(-c2ccccc2)cc1. The zero-order chi connectivity index (χ0) is 19.6. The molecule has 0 saturated carbocycles. The van der Waals surface area contributed by atoms with Crippen LogP contribution in [0.2, 0.25) is 0 Å². The van der Waals surface area contributed by atoms with Crippen LogP contribution in [-0.2, 0) is 14.2 Å². The van der Waals surface area contributed by atoms with Gasteiger partial charge in [0.15, 0.2) is 0 Å². The van der Waals surface area contributed by atoms with E-state index in [4.69, 9.17) is 25.1 Å². The van der Waals surface area contributed by atoms with Gasteiger partial charge in [-0.05, 0) is 11.1 Å². The second-order valence-corrected chi connectivity index (χ2v) is 5.46. The number of aliphatic hydroxyl groups is 1. The Hall–Kier alpha value is -2.09. The molecule has 0 atom stereocenters. The number of nitrogens with two attached hydrogens (primary N) is 1. The molecule has 0 radical (unpaired) electrons. The van der Waals surface area contributed by atoms with Gasteiger partial charge in [0.2, 0.25) is 0 Å². The molecule has 2 aromatic rings. The Kier molecular flexibility index (Phi) is 13.7. The van der Waals surface area contributed by atoms with Crippen LogP contribution in [0.15, 0.2) is 54.6 Å². The Morgan fingerprint density at radius 2 is 1.26 bits per heavy atom. The van der Waals surface area contributed by atoms with Crippen LogP contribution < -0.4 is 5.73 Å². The maximum absolute atomic E-state index is 10.5. The first-order valence-electron chi connectivity index (χ1n) is 8.96. The van der Waals surface area contributed by atoms with Crippen molar-refractivity contribution in [1.82, 2.24) is 0 Å². The van der Waals surface area contributed by atoms with Crippen LogP contribution in [0, 0.1) is 0 Å². The molecular weight excluding hydrogens is 346 g/mol. The van der Waals surface area contributed by atoms with E-state index in [-0.39, 0.29) is 6.61 Å². The van der Waals surface area contributed by atoms with Gasteiger partial charge >= 0.3 is 0 Å². The molecule has 0 saturated heterocycles. The van der Waals surface area contributed by atoms with Crippen LogP contribution in [0.25, 0.3) is 11.1 Å². The monoisotopic (exact) mass is 375 g/mol. The van der Waals surface area contributed by atoms with E-state index in [1.807, 2.05) is 42.5 Å². The fourth-order valence-corrected chi connectivity index (χ4v) is 2.07. The number of carbonyl (C=O) groups excluding carboxylic acids is 1. The fourth-order valence-electron chi connectivity index (χ4n) is 2.07. The van der Waals surface area contributed by atoms with Gasteiger partial charge in [-0.3, -0.25) is 4.79 Å². The molecule has 2 aromatic carbocycles. The minimum absolute atomic E-state index is 0.0552. The number of rotatable bonds is 12. The molecule has 6 nitrogen and oxygen atoms in total. The molecule has 0 aliphatic carbocycles. The van der Waals surface area contributed by atoms with Crippen molar-refractivity contribution in [3.05, 3.63) is 60.2 Å². The van der Waals surface area contributed by atoms with Gasteiger partial charge in [-0.2, -0.15) is 0 Å². The molecule has 3 N–H and O–H groups in total. The van der Waals surface area contributed by atoms with Gasteiger partial charge in [0.05, 0.1) is 46.2 Å². The van der Waals surface area contributed by atoms with Gasteiger partial charge in [-0.15, -0.1) is 0 Å². The number of ether oxygens (including phenoxy) is 3. The smallest absolute Gasteiger partial charge is 0.150 e. The Morgan fingerprint density at radius 1 is 0.741 bits per heavy atom. The number of carbonyl (C=O) groups is 1. The maximum atomic E-state index is 10.5. The Bertz CT molecular complexity index is 579. The summed E-state index contributed by atoms with van der Waals surface area (Å²) in [6, 6.07) is 17.7. The van der Waals surface area contributed by atoms with Crippen molar-refractivity contribution in [2.24, 2.45) is 5.73 Å². The molecule has 0 heterocycles. The van der Waals surface area contributed by atoms with Crippen molar-refractivity contribution in [3.8, 4) is 11.1 Å². The summed E-state index contributed by atoms with van der Waals surface area (Å²) in [6.07, 6.45) is 0.856. The molecular formula is C21H29NO5. The Morgan fingerprint density at radius 3 is 1.78 bits per heavy atom. The zero-order valence-corrected chi connectivity index (χ0v) is 15.6. The van der Waals surface area contributed by atoms with Gasteiger partial charge in [-0.25, -0.2) is 0 Å². The van der Waals surface area contributed by atoms with Crippen molar-refractivity contribution < 1.29 is 24.1 Å². The van der Waals surface area contributed by atoms with E-state index in [1.165, 1.54) is 5.56 Å². The first kappa shape index (κ1) is 23.0. The van der Waals surface area contributed by atoms with Crippen LogP contribution in [0.4, 0.5) is 0 Å². The lowest BCUT2D eigenvalue weighted by Gasteiger charge is -2.04. The number of hydrogen-bond acceptors (Lipinski definition) is 6. The first-order chi connectivity index (χ1) is 13.3. The molecule has 6 heteroatoms. The standard InChI is InChI=1S/C13H10O.C8H19NO4/c14-10-11-6-8-13(9-7-11)12-4-2-1-3-5-12;9-1-3-11-5-7-13-8-6-12-4-2-10/h1-10H;10H,1-9H2. The average molecular weight is 375 g/mol. The van der Waals surface area contributed by atoms with Crippen molar-refractivity contribution in [2.45, 2.75) is 0 Å². The summed E-state index contributed by atoms with van der Waals surface area (Å²) < 4.78 is 15.2. The third-order valence-electron chi connectivity index (χ3n) is 3.40. The van der Waals surface area contributed by atoms with Gasteiger partial charge < -0.3 is 25.1 Å².